The molecule has 32 heavy (non-hydrogen) atoms. The Kier molecular flexibility index (Phi) is 8.02. The van der Waals surface area contributed by atoms with Gasteiger partial charge >= 0.3 is 6.09 Å². The first kappa shape index (κ1) is 23.5. The van der Waals surface area contributed by atoms with Crippen LogP contribution in [0.25, 0.3) is 0 Å². The van der Waals surface area contributed by atoms with E-state index >= 15 is 0 Å². The molecule has 0 spiro atoms. The highest BCUT2D eigenvalue weighted by Crippen LogP contribution is 2.25. The van der Waals surface area contributed by atoms with Crippen LogP contribution in [0, 0.1) is 5.92 Å². The van der Waals surface area contributed by atoms with E-state index in [0.717, 1.165) is 5.56 Å². The van der Waals surface area contributed by atoms with Gasteiger partial charge in [0.15, 0.2) is 0 Å². The maximum Gasteiger partial charge on any atom is 0.411 e. The van der Waals surface area contributed by atoms with E-state index in [2.05, 4.69) is 17.2 Å². The van der Waals surface area contributed by atoms with Gasteiger partial charge in [-0.15, -0.1) is 0 Å². The monoisotopic (exact) mass is 457 g/mol. The van der Waals surface area contributed by atoms with Gasteiger partial charge in [0.1, 0.15) is 6.61 Å². The van der Waals surface area contributed by atoms with Crippen molar-refractivity contribution in [3.8, 4) is 0 Å². The van der Waals surface area contributed by atoms with Crippen molar-refractivity contribution >= 4 is 27.7 Å². The normalized spacial score (nSPS) is 15.0. The quantitative estimate of drug-likeness (QED) is 0.593. The highest BCUT2D eigenvalue weighted by Gasteiger charge is 2.29. The summed E-state index contributed by atoms with van der Waals surface area (Å²) >= 11 is 0. The summed E-state index contributed by atoms with van der Waals surface area (Å²) in [5, 5.41) is 5.33. The zero-order valence-electron chi connectivity index (χ0n) is 17.7. The molecule has 0 aliphatic carbocycles. The molecule has 0 unspecified atom stereocenters. The topological polar surface area (TPSA) is 105 Å². The molecule has 1 fully saturated rings. The predicted molar refractivity (Wildman–Crippen MR) is 121 cm³/mol. The molecule has 1 saturated heterocycles. The first-order valence-corrected chi connectivity index (χ1v) is 11.8. The minimum Gasteiger partial charge on any atom is -0.444 e. The Hall–Kier alpha value is -3.17. The van der Waals surface area contributed by atoms with Crippen LogP contribution in [0.1, 0.15) is 18.4 Å². The number of ether oxygens (including phenoxy) is 1. The summed E-state index contributed by atoms with van der Waals surface area (Å²) in [7, 11) is -3.70. The number of hydrogen-bond acceptors (Lipinski definition) is 5. The molecule has 1 aliphatic heterocycles. The lowest BCUT2D eigenvalue weighted by molar-refractivity contribution is -0.116. The number of hydrogen-bond donors (Lipinski definition) is 2. The van der Waals surface area contributed by atoms with Crippen LogP contribution in [-0.2, 0) is 26.2 Å². The first-order chi connectivity index (χ1) is 15.4. The molecule has 1 aliphatic rings. The van der Waals surface area contributed by atoms with E-state index in [4.69, 9.17) is 4.74 Å². The highest BCUT2D eigenvalue weighted by molar-refractivity contribution is 7.89. The summed E-state index contributed by atoms with van der Waals surface area (Å²) in [6, 6.07) is 15.4. The van der Waals surface area contributed by atoms with Crippen molar-refractivity contribution in [2.24, 2.45) is 5.92 Å². The zero-order valence-corrected chi connectivity index (χ0v) is 18.5. The average molecular weight is 458 g/mol. The number of carbonyl (C=O) groups excluding carboxylic acids is 2. The molecule has 3 rings (SSSR count). The van der Waals surface area contributed by atoms with Gasteiger partial charge in [0, 0.05) is 25.3 Å². The lowest BCUT2D eigenvalue weighted by atomic mass is 9.98. The molecular weight excluding hydrogens is 430 g/mol. The maximum atomic E-state index is 13.1. The second-order valence-corrected chi connectivity index (χ2v) is 9.45. The third kappa shape index (κ3) is 6.41. The van der Waals surface area contributed by atoms with Gasteiger partial charge in [0.2, 0.25) is 15.9 Å². The molecule has 1 heterocycles. The van der Waals surface area contributed by atoms with Crippen molar-refractivity contribution in [2.45, 2.75) is 24.3 Å². The number of nitrogens with zero attached hydrogens (tertiary/aromatic N) is 1. The number of sulfonamides is 1. The fourth-order valence-electron chi connectivity index (χ4n) is 3.43. The molecule has 8 nitrogen and oxygen atoms in total. The lowest BCUT2D eigenvalue weighted by Crippen LogP contribution is -2.41. The van der Waals surface area contributed by atoms with Crippen molar-refractivity contribution < 1.29 is 22.7 Å². The molecule has 2 amide bonds. The molecule has 2 aromatic carbocycles. The average Bonchev–Trinajstić information content (AvgIpc) is 2.82. The number of benzene rings is 2. The van der Waals surface area contributed by atoms with E-state index in [9.17, 15) is 18.0 Å². The third-order valence-electron chi connectivity index (χ3n) is 5.25. The van der Waals surface area contributed by atoms with E-state index in [1.807, 2.05) is 30.3 Å². The van der Waals surface area contributed by atoms with Crippen LogP contribution in [0.4, 0.5) is 10.5 Å². The summed E-state index contributed by atoms with van der Waals surface area (Å²) in [5.41, 5.74) is 1.19. The first-order valence-electron chi connectivity index (χ1n) is 10.4. The van der Waals surface area contributed by atoms with Crippen LogP contribution < -0.4 is 10.6 Å². The van der Waals surface area contributed by atoms with E-state index in [0.29, 0.717) is 38.2 Å². The fraction of sp³-hybridized carbons (Fsp3) is 0.304. The smallest absolute Gasteiger partial charge is 0.411 e. The molecular formula is C23H27N3O5S. The van der Waals surface area contributed by atoms with Crippen molar-refractivity contribution in [3.63, 3.8) is 0 Å². The van der Waals surface area contributed by atoms with Gasteiger partial charge in [0.25, 0.3) is 0 Å². The number of piperidine rings is 1. The van der Waals surface area contributed by atoms with Crippen molar-refractivity contribution in [1.29, 1.82) is 0 Å². The number of rotatable bonds is 8. The fourth-order valence-corrected chi connectivity index (χ4v) is 4.95. The molecule has 2 aromatic rings. The molecule has 0 bridgehead atoms. The van der Waals surface area contributed by atoms with Gasteiger partial charge < -0.3 is 10.1 Å². The summed E-state index contributed by atoms with van der Waals surface area (Å²) in [5.74, 6) is -0.00982. The number of nitrogens with one attached hydrogen (secondary N) is 2. The standard InChI is InChI=1S/C23H27N3O5S/c1-2-22(27)24-16-18-11-13-26(14-12-18)32(29,30)21-10-6-9-20(15-21)25-23(28)31-17-19-7-4-3-5-8-19/h2-10,15,18H,1,11-14,16-17H2,(H,24,27)(H,25,28). The molecule has 170 valence electrons. The summed E-state index contributed by atoms with van der Waals surface area (Å²) in [6.07, 6.45) is 1.87. The Balaban J connectivity index is 1.56. The number of amides is 2. The van der Waals surface area contributed by atoms with Gasteiger partial charge in [-0.25, -0.2) is 13.2 Å². The number of carbonyl (C=O) groups is 2. The van der Waals surface area contributed by atoms with Crippen molar-refractivity contribution in [1.82, 2.24) is 9.62 Å². The summed E-state index contributed by atoms with van der Waals surface area (Å²) in [4.78, 5) is 23.5. The summed E-state index contributed by atoms with van der Waals surface area (Å²) in [6.45, 7) is 4.78. The Bertz CT molecular complexity index is 1050. The molecule has 0 radical (unpaired) electrons. The minimum absolute atomic E-state index is 0.108. The Morgan fingerprint density at radius 3 is 2.50 bits per heavy atom. The van der Waals surface area contributed by atoms with Crippen molar-refractivity contribution in [2.75, 3.05) is 25.0 Å². The largest absolute Gasteiger partial charge is 0.444 e. The minimum atomic E-state index is -3.70. The van der Waals surface area contributed by atoms with E-state index in [-0.39, 0.29) is 23.3 Å². The molecule has 9 heteroatoms. The van der Waals surface area contributed by atoms with Gasteiger partial charge in [-0.2, -0.15) is 4.31 Å². The van der Waals surface area contributed by atoms with Gasteiger partial charge in [0.05, 0.1) is 4.90 Å². The SMILES string of the molecule is C=CC(=O)NCC1CCN(S(=O)(=O)c2cccc(NC(=O)OCc3ccccc3)c2)CC1. The van der Waals surface area contributed by atoms with Crippen molar-refractivity contribution in [3.05, 3.63) is 72.8 Å². The highest BCUT2D eigenvalue weighted by atomic mass is 32.2. The Morgan fingerprint density at radius 1 is 1.09 bits per heavy atom. The van der Waals surface area contributed by atoms with Crippen LogP contribution in [0.3, 0.4) is 0 Å². The third-order valence-corrected chi connectivity index (χ3v) is 7.15. The van der Waals surface area contributed by atoms with Gasteiger partial charge in [-0.1, -0.05) is 43.0 Å². The van der Waals surface area contributed by atoms with E-state index in [1.165, 1.54) is 22.5 Å². The molecule has 0 aromatic heterocycles. The van der Waals surface area contributed by atoms with Gasteiger partial charge in [-0.3, -0.25) is 10.1 Å². The maximum absolute atomic E-state index is 13.1. The Morgan fingerprint density at radius 2 is 1.81 bits per heavy atom. The number of anilines is 1. The van der Waals surface area contributed by atoms with Crippen LogP contribution in [0.2, 0.25) is 0 Å². The van der Waals surface area contributed by atoms with Crippen LogP contribution in [-0.4, -0.2) is 44.4 Å². The van der Waals surface area contributed by atoms with Crippen LogP contribution in [0.15, 0.2) is 72.1 Å². The Labute approximate surface area is 188 Å². The van der Waals surface area contributed by atoms with Crippen LogP contribution in [0.5, 0.6) is 0 Å². The van der Waals surface area contributed by atoms with Crippen LogP contribution >= 0.6 is 0 Å². The molecule has 2 N–H and O–H groups in total. The second kappa shape index (κ2) is 10.9. The van der Waals surface area contributed by atoms with Gasteiger partial charge in [-0.05, 0) is 48.6 Å². The zero-order chi connectivity index (χ0) is 23.0. The predicted octanol–water partition coefficient (Wildman–Crippen LogP) is 3.14. The van der Waals surface area contributed by atoms with E-state index in [1.54, 1.807) is 12.1 Å². The van der Waals surface area contributed by atoms with E-state index < -0.39 is 16.1 Å². The lowest BCUT2D eigenvalue weighted by Gasteiger charge is -2.31. The molecule has 0 atom stereocenters. The second-order valence-electron chi connectivity index (χ2n) is 7.51. The molecule has 0 saturated carbocycles. The summed E-state index contributed by atoms with van der Waals surface area (Å²) < 4.78 is 32.7.